The van der Waals surface area contributed by atoms with E-state index in [0.717, 1.165) is 26.1 Å². The van der Waals surface area contributed by atoms with Crippen LogP contribution in [-0.2, 0) is 4.74 Å². The highest BCUT2D eigenvalue weighted by Crippen LogP contribution is 2.28. The van der Waals surface area contributed by atoms with Crippen molar-refractivity contribution in [3.05, 3.63) is 24.0 Å². The smallest absolute Gasteiger partial charge is 0.278 e. The first-order chi connectivity index (χ1) is 9.68. The lowest BCUT2D eigenvalue weighted by Crippen LogP contribution is -2.55. The number of hydrogen-bond donors (Lipinski definition) is 1. The van der Waals surface area contributed by atoms with E-state index in [9.17, 15) is 9.90 Å². The van der Waals surface area contributed by atoms with E-state index in [1.54, 1.807) is 30.3 Å². The predicted molar refractivity (Wildman–Crippen MR) is 73.2 cm³/mol. The zero-order chi connectivity index (χ0) is 14.1. The highest BCUT2D eigenvalue weighted by molar-refractivity contribution is 5.99. The fourth-order valence-corrected chi connectivity index (χ4v) is 2.80. The van der Waals surface area contributed by atoms with Crippen molar-refractivity contribution >= 4 is 11.6 Å². The number of aliphatic hydroxyl groups is 1. The zero-order valence-electron chi connectivity index (χ0n) is 11.5. The molecule has 2 aliphatic heterocycles. The van der Waals surface area contributed by atoms with Crippen molar-refractivity contribution in [3.63, 3.8) is 0 Å². The van der Waals surface area contributed by atoms with Crippen molar-refractivity contribution < 1.29 is 14.6 Å². The normalized spacial score (nSPS) is 23.9. The van der Waals surface area contributed by atoms with Crippen LogP contribution in [0.2, 0.25) is 0 Å². The Balaban J connectivity index is 1.83. The second kappa shape index (κ2) is 5.38. The third kappa shape index (κ3) is 2.25. The molecule has 0 saturated carbocycles. The second-order valence-corrected chi connectivity index (χ2v) is 5.34. The van der Waals surface area contributed by atoms with Crippen LogP contribution in [0, 0.1) is 5.92 Å². The number of fused-ring (bicyclic) bond motifs is 1. The summed E-state index contributed by atoms with van der Waals surface area (Å²) in [6.07, 6.45) is 2.53. The molecule has 6 heteroatoms. The van der Waals surface area contributed by atoms with Gasteiger partial charge in [0, 0.05) is 33.0 Å². The van der Waals surface area contributed by atoms with Crippen LogP contribution < -0.4 is 4.90 Å². The first-order valence-corrected chi connectivity index (χ1v) is 6.93. The summed E-state index contributed by atoms with van der Waals surface area (Å²) in [4.78, 5) is 19.8. The molecule has 0 spiro atoms. The molecule has 0 bridgehead atoms. The van der Waals surface area contributed by atoms with Gasteiger partial charge in [-0.25, -0.2) is 4.98 Å². The number of hydrogen-bond acceptors (Lipinski definition) is 5. The summed E-state index contributed by atoms with van der Waals surface area (Å²) in [6.45, 7) is 2.00. The Hall–Kier alpha value is -1.66. The van der Waals surface area contributed by atoms with E-state index in [1.165, 1.54) is 4.90 Å². The minimum Gasteiger partial charge on any atom is -0.381 e. The van der Waals surface area contributed by atoms with Gasteiger partial charge in [-0.2, -0.15) is 0 Å². The molecular weight excluding hydrogens is 258 g/mol. The largest absolute Gasteiger partial charge is 0.381 e. The van der Waals surface area contributed by atoms with Gasteiger partial charge in [-0.1, -0.05) is 0 Å². The summed E-state index contributed by atoms with van der Waals surface area (Å²) in [5.74, 6) is 0.179. The lowest BCUT2D eigenvalue weighted by Gasteiger charge is -2.41. The van der Waals surface area contributed by atoms with Crippen LogP contribution in [0.3, 0.4) is 0 Å². The maximum atomic E-state index is 12.5. The van der Waals surface area contributed by atoms with Crippen molar-refractivity contribution in [1.82, 2.24) is 9.88 Å². The monoisotopic (exact) mass is 277 g/mol. The standard InChI is InChI=1S/C14H19N3O3/c1-16-11-3-2-6-15-12(11)13(18)17(14(16)19)9-10-4-7-20-8-5-10/h2-3,6,10,14,19H,4-5,7-9H2,1H3. The summed E-state index contributed by atoms with van der Waals surface area (Å²) in [5, 5.41) is 10.4. The average Bonchev–Trinajstić information content (AvgIpc) is 2.50. The van der Waals surface area contributed by atoms with Crippen molar-refractivity contribution in [2.45, 2.75) is 19.2 Å². The van der Waals surface area contributed by atoms with Crippen molar-refractivity contribution in [1.29, 1.82) is 0 Å². The lowest BCUT2D eigenvalue weighted by atomic mass is 9.99. The Morgan fingerprint density at radius 2 is 2.20 bits per heavy atom. The van der Waals surface area contributed by atoms with Gasteiger partial charge in [0.05, 0.1) is 5.69 Å². The molecule has 1 saturated heterocycles. The number of aliphatic hydroxyl groups excluding tert-OH is 1. The zero-order valence-corrected chi connectivity index (χ0v) is 11.5. The number of nitrogens with zero attached hydrogens (tertiary/aromatic N) is 3. The Bertz CT molecular complexity index is 502. The number of pyridine rings is 1. The number of ether oxygens (including phenoxy) is 1. The summed E-state index contributed by atoms with van der Waals surface area (Å²) in [7, 11) is 1.77. The van der Waals surface area contributed by atoms with E-state index in [2.05, 4.69) is 4.98 Å². The SMILES string of the molecule is CN1c2cccnc2C(=O)N(CC2CCOCC2)C1O. The lowest BCUT2D eigenvalue weighted by molar-refractivity contribution is -0.0154. The number of aromatic nitrogens is 1. The molecule has 0 aliphatic carbocycles. The summed E-state index contributed by atoms with van der Waals surface area (Å²) >= 11 is 0. The number of carbonyl (C=O) groups excluding carboxylic acids is 1. The molecule has 3 heterocycles. The Morgan fingerprint density at radius 1 is 1.45 bits per heavy atom. The van der Waals surface area contributed by atoms with Gasteiger partial charge >= 0.3 is 0 Å². The van der Waals surface area contributed by atoms with Gasteiger partial charge in [-0.3, -0.25) is 9.69 Å². The molecule has 20 heavy (non-hydrogen) atoms. The molecular formula is C14H19N3O3. The minimum atomic E-state index is -0.929. The fraction of sp³-hybridized carbons (Fsp3) is 0.571. The van der Waals surface area contributed by atoms with Crippen molar-refractivity contribution in [2.24, 2.45) is 5.92 Å². The molecule has 108 valence electrons. The fourth-order valence-electron chi connectivity index (χ4n) is 2.80. The number of carbonyl (C=O) groups is 1. The molecule has 0 radical (unpaired) electrons. The molecule has 1 fully saturated rings. The summed E-state index contributed by atoms with van der Waals surface area (Å²) in [6, 6.07) is 3.57. The second-order valence-electron chi connectivity index (χ2n) is 5.34. The van der Waals surface area contributed by atoms with Crippen molar-refractivity contribution in [3.8, 4) is 0 Å². The number of rotatable bonds is 2. The van der Waals surface area contributed by atoms with E-state index in [-0.39, 0.29) is 5.91 Å². The van der Waals surface area contributed by atoms with Crippen LogP contribution in [0.15, 0.2) is 18.3 Å². The Kier molecular flexibility index (Phi) is 3.58. The van der Waals surface area contributed by atoms with Crippen LogP contribution in [-0.4, -0.2) is 54.1 Å². The van der Waals surface area contributed by atoms with Crippen LogP contribution in [0.4, 0.5) is 5.69 Å². The van der Waals surface area contributed by atoms with Gasteiger partial charge in [-0.15, -0.1) is 0 Å². The molecule has 2 aliphatic rings. The Morgan fingerprint density at radius 3 is 2.95 bits per heavy atom. The average molecular weight is 277 g/mol. The van der Waals surface area contributed by atoms with E-state index in [4.69, 9.17) is 4.74 Å². The minimum absolute atomic E-state index is 0.197. The van der Waals surface area contributed by atoms with Gasteiger partial charge in [0.15, 0.2) is 5.69 Å². The third-order valence-electron chi connectivity index (χ3n) is 4.05. The molecule has 3 rings (SSSR count). The molecule has 1 aromatic heterocycles. The first kappa shape index (κ1) is 13.3. The van der Waals surface area contributed by atoms with Gasteiger partial charge in [0.2, 0.25) is 6.35 Å². The first-order valence-electron chi connectivity index (χ1n) is 6.93. The third-order valence-corrected chi connectivity index (χ3v) is 4.05. The van der Waals surface area contributed by atoms with Gasteiger partial charge in [0.1, 0.15) is 0 Å². The topological polar surface area (TPSA) is 65.9 Å². The maximum absolute atomic E-state index is 12.5. The molecule has 1 unspecified atom stereocenters. The summed E-state index contributed by atoms with van der Waals surface area (Å²) < 4.78 is 5.33. The van der Waals surface area contributed by atoms with Crippen molar-refractivity contribution in [2.75, 3.05) is 31.7 Å². The molecule has 6 nitrogen and oxygen atoms in total. The maximum Gasteiger partial charge on any atom is 0.278 e. The highest BCUT2D eigenvalue weighted by Gasteiger charge is 2.36. The Labute approximate surface area is 118 Å². The molecule has 1 N–H and O–H groups in total. The van der Waals surface area contributed by atoms with E-state index in [0.29, 0.717) is 23.8 Å². The van der Waals surface area contributed by atoms with E-state index < -0.39 is 6.35 Å². The van der Waals surface area contributed by atoms with E-state index >= 15 is 0 Å². The van der Waals surface area contributed by atoms with Gasteiger partial charge < -0.3 is 14.7 Å². The number of amides is 1. The highest BCUT2D eigenvalue weighted by atomic mass is 16.5. The van der Waals surface area contributed by atoms with Gasteiger partial charge in [0.25, 0.3) is 5.91 Å². The quantitative estimate of drug-likeness (QED) is 0.861. The molecule has 0 aromatic carbocycles. The van der Waals surface area contributed by atoms with Gasteiger partial charge in [-0.05, 0) is 30.9 Å². The van der Waals surface area contributed by atoms with E-state index in [1.807, 2.05) is 0 Å². The molecule has 1 amide bonds. The molecule has 1 aromatic rings. The van der Waals surface area contributed by atoms with Crippen LogP contribution in [0.5, 0.6) is 0 Å². The van der Waals surface area contributed by atoms with Crippen LogP contribution in [0.25, 0.3) is 0 Å². The van der Waals surface area contributed by atoms with Crippen LogP contribution >= 0.6 is 0 Å². The molecule has 1 atom stereocenters. The van der Waals surface area contributed by atoms with Crippen LogP contribution in [0.1, 0.15) is 23.3 Å². The predicted octanol–water partition coefficient (Wildman–Crippen LogP) is 0.676. The summed E-state index contributed by atoms with van der Waals surface area (Å²) in [5.41, 5.74) is 1.08. The number of anilines is 1.